The maximum absolute atomic E-state index is 15.0. The number of benzene rings is 2. The highest BCUT2D eigenvalue weighted by atomic mass is 19.3. The molecule has 4 aromatic rings. The van der Waals surface area contributed by atoms with Gasteiger partial charge in [-0.2, -0.15) is 8.78 Å². The molecule has 1 N–H and O–H groups in total. The van der Waals surface area contributed by atoms with Crippen molar-refractivity contribution in [1.82, 2.24) is 24.8 Å². The van der Waals surface area contributed by atoms with Crippen LogP contribution in [0.5, 0.6) is 5.75 Å². The molecular formula is C24H20F3N5O3. The van der Waals surface area contributed by atoms with E-state index in [1.807, 2.05) is 0 Å². The number of ether oxygens (including phenoxy) is 2. The number of alkyl halides is 2. The van der Waals surface area contributed by atoms with Gasteiger partial charge in [0.2, 0.25) is 0 Å². The highest BCUT2D eigenvalue weighted by Crippen LogP contribution is 2.31. The topological polar surface area (TPSA) is 91.2 Å². The number of fused-ring (bicyclic) bond motifs is 1. The van der Waals surface area contributed by atoms with E-state index in [4.69, 9.17) is 4.74 Å². The summed E-state index contributed by atoms with van der Waals surface area (Å²) in [6.07, 6.45) is 2.94. The Balaban J connectivity index is 1.52. The van der Waals surface area contributed by atoms with Crippen LogP contribution in [0.1, 0.15) is 17.2 Å². The fraction of sp³-hybridized carbons (Fsp3) is 0.250. The maximum Gasteiger partial charge on any atom is 0.387 e. The van der Waals surface area contributed by atoms with E-state index in [-0.39, 0.29) is 17.9 Å². The number of aromatic nitrogens is 4. The summed E-state index contributed by atoms with van der Waals surface area (Å²) in [4.78, 5) is 23.9. The van der Waals surface area contributed by atoms with Gasteiger partial charge in [0, 0.05) is 48.2 Å². The van der Waals surface area contributed by atoms with Crippen molar-refractivity contribution < 1.29 is 27.4 Å². The second kappa shape index (κ2) is 8.99. The molecule has 0 spiro atoms. The number of nitrogens with zero attached hydrogens (tertiary/aromatic N) is 4. The van der Waals surface area contributed by atoms with Crippen LogP contribution in [0.25, 0.3) is 22.2 Å². The van der Waals surface area contributed by atoms with Crippen LogP contribution in [0.3, 0.4) is 0 Å². The van der Waals surface area contributed by atoms with Crippen LogP contribution in [0, 0.1) is 12.7 Å². The van der Waals surface area contributed by atoms with Crippen LogP contribution in [0.2, 0.25) is 0 Å². The van der Waals surface area contributed by atoms with Gasteiger partial charge in [-0.3, -0.25) is 4.79 Å². The number of carbonyl (C=O) groups is 1. The second-order valence-electron chi connectivity index (χ2n) is 8.16. The molecule has 1 aliphatic heterocycles. The van der Waals surface area contributed by atoms with Gasteiger partial charge in [-0.1, -0.05) is 18.2 Å². The summed E-state index contributed by atoms with van der Waals surface area (Å²) >= 11 is 0. The Bertz CT molecular complexity index is 1390. The normalized spacial score (nSPS) is 14.7. The molecular weight excluding hydrogens is 463 g/mol. The molecule has 2 aromatic heterocycles. The number of hydrogen-bond donors (Lipinski definition) is 1. The maximum atomic E-state index is 15.0. The average Bonchev–Trinajstić information content (AvgIpc) is 3.10. The zero-order valence-electron chi connectivity index (χ0n) is 18.5. The first-order valence-electron chi connectivity index (χ1n) is 10.7. The third-order valence-electron chi connectivity index (χ3n) is 6.01. The molecule has 0 radical (unpaired) electrons. The van der Waals surface area contributed by atoms with Gasteiger partial charge in [0.1, 0.15) is 17.4 Å². The summed E-state index contributed by atoms with van der Waals surface area (Å²) in [6, 6.07) is 9.44. The number of imidazole rings is 1. The third kappa shape index (κ3) is 4.18. The van der Waals surface area contributed by atoms with Crippen molar-refractivity contribution in [3.8, 4) is 16.9 Å². The summed E-state index contributed by atoms with van der Waals surface area (Å²) in [5, 5.41) is 3.02. The van der Waals surface area contributed by atoms with Gasteiger partial charge in [-0.05, 0) is 19.1 Å². The van der Waals surface area contributed by atoms with Crippen molar-refractivity contribution >= 4 is 17.5 Å². The van der Waals surface area contributed by atoms with Gasteiger partial charge in [0.05, 0.1) is 17.6 Å². The lowest BCUT2D eigenvalue weighted by Gasteiger charge is -2.38. The van der Waals surface area contributed by atoms with E-state index in [1.165, 1.54) is 24.5 Å². The quantitative estimate of drug-likeness (QED) is 0.383. The number of rotatable bonds is 8. The van der Waals surface area contributed by atoms with Gasteiger partial charge < -0.3 is 19.4 Å². The number of carbonyl (C=O) groups excluding carboxylic acids is 1. The minimum atomic E-state index is -2.95. The molecule has 0 unspecified atom stereocenters. The molecule has 8 nitrogen and oxygen atoms in total. The monoisotopic (exact) mass is 483 g/mol. The average molecular weight is 483 g/mol. The number of nitrogens with one attached hydrogen (secondary N) is 1. The first-order chi connectivity index (χ1) is 16.9. The van der Waals surface area contributed by atoms with Gasteiger partial charge in [0.15, 0.2) is 11.4 Å². The Morgan fingerprint density at radius 2 is 1.94 bits per heavy atom. The zero-order chi connectivity index (χ0) is 24.6. The van der Waals surface area contributed by atoms with Crippen molar-refractivity contribution in [2.24, 2.45) is 0 Å². The van der Waals surface area contributed by atoms with Crippen LogP contribution < -0.4 is 10.1 Å². The molecule has 3 heterocycles. The van der Waals surface area contributed by atoms with Crippen LogP contribution in [0.4, 0.5) is 13.2 Å². The van der Waals surface area contributed by atoms with Crippen molar-refractivity contribution in [2.45, 2.75) is 25.7 Å². The fourth-order valence-corrected chi connectivity index (χ4v) is 4.14. The van der Waals surface area contributed by atoms with E-state index in [1.54, 1.807) is 35.8 Å². The molecule has 5 rings (SSSR count). The molecule has 180 valence electrons. The Kier molecular flexibility index (Phi) is 5.85. The first-order valence-corrected chi connectivity index (χ1v) is 10.7. The van der Waals surface area contributed by atoms with E-state index in [0.29, 0.717) is 53.4 Å². The number of para-hydroxylation sites is 1. The van der Waals surface area contributed by atoms with Crippen LogP contribution in [-0.4, -0.2) is 45.7 Å². The van der Waals surface area contributed by atoms with Gasteiger partial charge in [-0.15, -0.1) is 0 Å². The lowest BCUT2D eigenvalue weighted by Crippen LogP contribution is -2.59. The van der Waals surface area contributed by atoms with Crippen molar-refractivity contribution in [2.75, 3.05) is 13.1 Å². The highest BCUT2D eigenvalue weighted by molar-refractivity contribution is 5.83. The molecule has 1 aliphatic rings. The van der Waals surface area contributed by atoms with Gasteiger partial charge >= 0.3 is 6.61 Å². The predicted molar refractivity (Wildman–Crippen MR) is 119 cm³/mol. The second-order valence-corrected chi connectivity index (χ2v) is 8.16. The van der Waals surface area contributed by atoms with Crippen LogP contribution in [-0.2, 0) is 21.7 Å². The minimum Gasteiger partial charge on any atom is -0.450 e. The van der Waals surface area contributed by atoms with E-state index < -0.39 is 18.0 Å². The Morgan fingerprint density at radius 3 is 2.60 bits per heavy atom. The van der Waals surface area contributed by atoms with E-state index in [2.05, 4.69) is 25.0 Å². The zero-order valence-corrected chi connectivity index (χ0v) is 18.5. The van der Waals surface area contributed by atoms with E-state index >= 15 is 4.39 Å². The van der Waals surface area contributed by atoms with Crippen LogP contribution in [0.15, 0.2) is 48.8 Å². The summed E-state index contributed by atoms with van der Waals surface area (Å²) in [6.45, 7) is 0.142. The van der Waals surface area contributed by atoms with E-state index in [9.17, 15) is 13.6 Å². The Morgan fingerprint density at radius 1 is 1.20 bits per heavy atom. The molecule has 1 fully saturated rings. The molecule has 0 bridgehead atoms. The number of hydrogen-bond acceptors (Lipinski definition) is 7. The van der Waals surface area contributed by atoms with Gasteiger partial charge in [0.25, 0.3) is 6.47 Å². The molecule has 0 saturated carbocycles. The number of halogens is 3. The number of aryl methyl sites for hydroxylation is 1. The lowest BCUT2D eigenvalue weighted by molar-refractivity contribution is -0.151. The predicted octanol–water partition coefficient (Wildman–Crippen LogP) is 3.56. The third-order valence-corrected chi connectivity index (χ3v) is 6.01. The smallest absolute Gasteiger partial charge is 0.387 e. The van der Waals surface area contributed by atoms with Crippen LogP contribution >= 0.6 is 0 Å². The van der Waals surface area contributed by atoms with E-state index in [0.717, 1.165) is 0 Å². The summed E-state index contributed by atoms with van der Waals surface area (Å²) in [5.41, 5.74) is 1.31. The molecule has 35 heavy (non-hydrogen) atoms. The van der Waals surface area contributed by atoms with Crippen molar-refractivity contribution in [3.05, 3.63) is 71.8 Å². The largest absolute Gasteiger partial charge is 0.450 e. The summed E-state index contributed by atoms with van der Waals surface area (Å²) in [7, 11) is 0. The fourth-order valence-electron chi connectivity index (χ4n) is 4.14. The molecule has 2 aromatic carbocycles. The molecule has 0 amide bonds. The molecule has 1 saturated heterocycles. The Hall–Kier alpha value is -3.99. The minimum absolute atomic E-state index is 0.0621. The Labute approximate surface area is 197 Å². The first kappa shape index (κ1) is 22.8. The van der Waals surface area contributed by atoms with Gasteiger partial charge in [-0.25, -0.2) is 19.3 Å². The summed E-state index contributed by atoms with van der Waals surface area (Å²) in [5.74, 6) is 0.460. The standard InChI is InChI=1S/C24H20F3N5O3/c1-14-31-19-7-18(25)17(16-8-29-22(30-9-16)24(34-13-33)11-28-12-24)6-20(19)32(14)10-15-4-2-3-5-21(15)35-23(26)27/h2-9,13,23,28H,10-12H2,1H3. The molecule has 11 heteroatoms. The molecule has 0 aliphatic carbocycles. The lowest BCUT2D eigenvalue weighted by atomic mass is 9.95. The highest BCUT2D eigenvalue weighted by Gasteiger charge is 2.43. The SMILES string of the molecule is Cc1nc2cc(F)c(-c3cnc(C4(OC=O)CNC4)nc3)cc2n1Cc1ccccc1OC(F)F. The molecule has 0 atom stereocenters. The summed E-state index contributed by atoms with van der Waals surface area (Å²) < 4.78 is 52.3. The van der Waals surface area contributed by atoms with Crippen molar-refractivity contribution in [1.29, 1.82) is 0 Å². The van der Waals surface area contributed by atoms with Crippen molar-refractivity contribution in [3.63, 3.8) is 0 Å².